The van der Waals surface area contributed by atoms with E-state index in [-0.39, 0.29) is 22.9 Å². The maximum absolute atomic E-state index is 13.2. The fourth-order valence-electron chi connectivity index (χ4n) is 3.02. The monoisotopic (exact) mass is 384 g/mol. The summed E-state index contributed by atoms with van der Waals surface area (Å²) in [7, 11) is 0. The standard InChI is InChI=1S/C23H16N2O4/c26-19-12-6-15(7-13-19)14-20-22(27)25(18-10-8-17(9-11-18)23(28)29)21(24-20)16-4-2-1-3-5-16/h1-14,26H,(H,28,29). The number of hydrogen-bond acceptors (Lipinski definition) is 4. The van der Waals surface area contributed by atoms with E-state index in [0.29, 0.717) is 11.5 Å². The molecule has 29 heavy (non-hydrogen) atoms. The first kappa shape index (κ1) is 18.2. The Morgan fingerprint density at radius 3 is 2.17 bits per heavy atom. The van der Waals surface area contributed by atoms with Gasteiger partial charge in [0.15, 0.2) is 0 Å². The summed E-state index contributed by atoms with van der Waals surface area (Å²) in [4.78, 5) is 30.3. The molecule has 0 unspecified atom stereocenters. The van der Waals surface area contributed by atoms with Gasteiger partial charge in [-0.15, -0.1) is 0 Å². The molecule has 0 atom stereocenters. The van der Waals surface area contributed by atoms with Crippen LogP contribution >= 0.6 is 0 Å². The Hall–Kier alpha value is -4.19. The predicted molar refractivity (Wildman–Crippen MR) is 110 cm³/mol. The molecule has 6 heteroatoms. The number of aromatic carboxylic acids is 1. The minimum atomic E-state index is -1.03. The molecule has 0 saturated heterocycles. The summed E-state index contributed by atoms with van der Waals surface area (Å²) in [6.07, 6.45) is 1.65. The third-order valence-corrected chi connectivity index (χ3v) is 4.46. The van der Waals surface area contributed by atoms with E-state index in [2.05, 4.69) is 4.99 Å². The first-order chi connectivity index (χ1) is 14.0. The number of carboxylic acids is 1. The molecule has 142 valence electrons. The first-order valence-corrected chi connectivity index (χ1v) is 8.85. The molecule has 0 aliphatic carbocycles. The van der Waals surface area contributed by atoms with Gasteiger partial charge in [-0.05, 0) is 48.0 Å². The molecule has 0 bridgehead atoms. The van der Waals surface area contributed by atoms with Crippen LogP contribution in [-0.4, -0.2) is 27.9 Å². The number of anilines is 1. The van der Waals surface area contributed by atoms with Crippen LogP contribution in [0, 0.1) is 0 Å². The van der Waals surface area contributed by atoms with Gasteiger partial charge < -0.3 is 10.2 Å². The number of hydrogen-bond donors (Lipinski definition) is 2. The Morgan fingerprint density at radius 1 is 0.897 bits per heavy atom. The Labute approximate surface area is 166 Å². The summed E-state index contributed by atoms with van der Waals surface area (Å²) in [6.45, 7) is 0. The summed E-state index contributed by atoms with van der Waals surface area (Å²) >= 11 is 0. The van der Waals surface area contributed by atoms with E-state index in [0.717, 1.165) is 11.1 Å². The largest absolute Gasteiger partial charge is 0.508 e. The average molecular weight is 384 g/mol. The number of aliphatic imine (C=N–C) groups is 1. The molecule has 0 saturated carbocycles. The van der Waals surface area contributed by atoms with Crippen LogP contribution in [0.1, 0.15) is 21.5 Å². The van der Waals surface area contributed by atoms with E-state index in [9.17, 15) is 14.7 Å². The van der Waals surface area contributed by atoms with Crippen LogP contribution in [-0.2, 0) is 4.79 Å². The first-order valence-electron chi connectivity index (χ1n) is 8.85. The van der Waals surface area contributed by atoms with Gasteiger partial charge in [0.2, 0.25) is 0 Å². The zero-order valence-electron chi connectivity index (χ0n) is 15.2. The van der Waals surface area contributed by atoms with Gasteiger partial charge >= 0.3 is 5.97 Å². The van der Waals surface area contributed by atoms with Crippen LogP contribution in [0.3, 0.4) is 0 Å². The summed E-state index contributed by atoms with van der Waals surface area (Å²) in [5.74, 6) is -0.753. The Kier molecular flexibility index (Phi) is 4.66. The van der Waals surface area contributed by atoms with Gasteiger partial charge in [-0.2, -0.15) is 0 Å². The van der Waals surface area contributed by atoms with Crippen molar-refractivity contribution in [2.75, 3.05) is 4.90 Å². The molecule has 1 aliphatic rings. The number of amidine groups is 1. The second-order valence-electron chi connectivity index (χ2n) is 6.42. The van der Waals surface area contributed by atoms with Gasteiger partial charge in [0.25, 0.3) is 5.91 Å². The minimum Gasteiger partial charge on any atom is -0.508 e. The highest BCUT2D eigenvalue weighted by Gasteiger charge is 2.32. The van der Waals surface area contributed by atoms with Crippen molar-refractivity contribution >= 4 is 29.5 Å². The number of phenolic OH excluding ortho intramolecular Hbond substituents is 1. The normalized spacial score (nSPS) is 14.9. The second kappa shape index (κ2) is 7.44. The molecule has 1 amide bonds. The molecule has 6 nitrogen and oxygen atoms in total. The van der Waals surface area contributed by atoms with Crippen molar-refractivity contribution in [1.29, 1.82) is 0 Å². The van der Waals surface area contributed by atoms with Crippen LogP contribution in [0.25, 0.3) is 6.08 Å². The lowest BCUT2D eigenvalue weighted by Crippen LogP contribution is -2.32. The SMILES string of the molecule is O=C(O)c1ccc(N2C(=O)C(=Cc3ccc(O)cc3)N=C2c2ccccc2)cc1. The number of carbonyl (C=O) groups excluding carboxylic acids is 1. The van der Waals surface area contributed by atoms with Gasteiger partial charge in [-0.25, -0.2) is 9.79 Å². The van der Waals surface area contributed by atoms with Crippen molar-refractivity contribution in [1.82, 2.24) is 0 Å². The summed E-state index contributed by atoms with van der Waals surface area (Å²) < 4.78 is 0. The van der Waals surface area contributed by atoms with E-state index in [1.54, 1.807) is 30.3 Å². The maximum atomic E-state index is 13.2. The number of carboxylic acid groups (broad SMARTS) is 1. The average Bonchev–Trinajstić information content (AvgIpc) is 3.06. The summed E-state index contributed by atoms with van der Waals surface area (Å²) in [5, 5.41) is 18.6. The van der Waals surface area contributed by atoms with Crippen molar-refractivity contribution in [2.24, 2.45) is 4.99 Å². The lowest BCUT2D eigenvalue weighted by molar-refractivity contribution is -0.113. The quantitative estimate of drug-likeness (QED) is 0.667. The molecule has 1 heterocycles. The van der Waals surface area contributed by atoms with Crippen molar-refractivity contribution in [3.05, 3.63) is 101 Å². The molecule has 0 fully saturated rings. The van der Waals surface area contributed by atoms with Crippen LogP contribution in [0.5, 0.6) is 5.75 Å². The minimum absolute atomic E-state index is 0.137. The molecule has 2 N–H and O–H groups in total. The van der Waals surface area contributed by atoms with Gasteiger partial charge in [-0.1, -0.05) is 42.5 Å². The molecule has 0 aromatic heterocycles. The smallest absolute Gasteiger partial charge is 0.335 e. The fraction of sp³-hybridized carbons (Fsp3) is 0. The van der Waals surface area contributed by atoms with Gasteiger partial charge in [0, 0.05) is 5.56 Å². The lowest BCUT2D eigenvalue weighted by Gasteiger charge is -2.18. The zero-order chi connectivity index (χ0) is 20.4. The molecular weight excluding hydrogens is 368 g/mol. The Balaban J connectivity index is 1.79. The molecule has 0 spiro atoms. The van der Waals surface area contributed by atoms with Crippen LogP contribution < -0.4 is 4.90 Å². The third-order valence-electron chi connectivity index (χ3n) is 4.46. The van der Waals surface area contributed by atoms with E-state index >= 15 is 0 Å². The molecular formula is C23H16N2O4. The fourth-order valence-corrected chi connectivity index (χ4v) is 3.02. The van der Waals surface area contributed by atoms with Crippen LogP contribution in [0.4, 0.5) is 5.69 Å². The Morgan fingerprint density at radius 2 is 1.55 bits per heavy atom. The van der Waals surface area contributed by atoms with Gasteiger partial charge in [0.05, 0.1) is 11.3 Å². The van der Waals surface area contributed by atoms with E-state index in [4.69, 9.17) is 5.11 Å². The van der Waals surface area contributed by atoms with Crippen LogP contribution in [0.15, 0.2) is 89.6 Å². The number of rotatable bonds is 4. The molecule has 0 radical (unpaired) electrons. The van der Waals surface area contributed by atoms with Gasteiger partial charge in [0.1, 0.15) is 17.3 Å². The third kappa shape index (κ3) is 3.64. The number of amides is 1. The number of carbonyl (C=O) groups is 2. The molecule has 3 aromatic rings. The lowest BCUT2D eigenvalue weighted by atomic mass is 10.1. The number of aromatic hydroxyl groups is 1. The highest BCUT2D eigenvalue weighted by molar-refractivity contribution is 6.33. The summed E-state index contributed by atoms with van der Waals surface area (Å²) in [5.41, 5.74) is 2.40. The zero-order valence-corrected chi connectivity index (χ0v) is 15.2. The highest BCUT2D eigenvalue weighted by Crippen LogP contribution is 2.28. The van der Waals surface area contributed by atoms with E-state index in [1.807, 2.05) is 30.3 Å². The number of benzene rings is 3. The van der Waals surface area contributed by atoms with Crippen LogP contribution in [0.2, 0.25) is 0 Å². The van der Waals surface area contributed by atoms with E-state index < -0.39 is 5.97 Å². The second-order valence-corrected chi connectivity index (χ2v) is 6.42. The van der Waals surface area contributed by atoms with Crippen molar-refractivity contribution in [3.63, 3.8) is 0 Å². The van der Waals surface area contributed by atoms with Crippen molar-refractivity contribution in [3.8, 4) is 5.75 Å². The van der Waals surface area contributed by atoms with Crippen molar-refractivity contribution < 1.29 is 19.8 Å². The molecule has 3 aromatic carbocycles. The Bertz CT molecular complexity index is 1130. The number of nitrogens with zero attached hydrogens (tertiary/aromatic N) is 2. The maximum Gasteiger partial charge on any atom is 0.335 e. The van der Waals surface area contributed by atoms with Gasteiger partial charge in [-0.3, -0.25) is 9.69 Å². The van der Waals surface area contributed by atoms with Crippen molar-refractivity contribution in [2.45, 2.75) is 0 Å². The molecule has 1 aliphatic heterocycles. The van der Waals surface area contributed by atoms with E-state index in [1.165, 1.54) is 29.2 Å². The molecule has 4 rings (SSSR count). The number of phenols is 1. The summed E-state index contributed by atoms with van der Waals surface area (Å²) in [6, 6.07) is 21.8. The topological polar surface area (TPSA) is 90.2 Å². The predicted octanol–water partition coefficient (Wildman–Crippen LogP) is 3.92. The highest BCUT2D eigenvalue weighted by atomic mass is 16.4.